The van der Waals surface area contributed by atoms with Gasteiger partial charge >= 0.3 is 0 Å². The van der Waals surface area contributed by atoms with E-state index < -0.39 is 9.84 Å². The number of piperazine rings is 1. The lowest BCUT2D eigenvalue weighted by Crippen LogP contribution is -2.49. The standard InChI is InChI=1S/C30H36N6O4S/c1-35-13-15-36(16-14-35)22-7-9-25(28(19-22)31-21-11-17-40-18-12-21)30(37)32-29-26-20-24(8-10-27(26)33-34-29)41(38,39)23-5-3-2-4-6-23/h2-10,20-22,31H,11-19H2,1H3,(H2,32,33,34,37). The number of carbonyl (C=O) groups excluding carboxylic acids is 1. The van der Waals surface area contributed by atoms with E-state index in [0.29, 0.717) is 35.5 Å². The molecule has 3 heterocycles. The summed E-state index contributed by atoms with van der Waals surface area (Å²) in [5, 5.41) is 14.4. The average molecular weight is 577 g/mol. The highest BCUT2D eigenvalue weighted by molar-refractivity contribution is 7.91. The molecule has 2 aromatic carbocycles. The zero-order valence-corrected chi connectivity index (χ0v) is 24.0. The van der Waals surface area contributed by atoms with Crippen molar-refractivity contribution in [1.82, 2.24) is 25.3 Å². The van der Waals surface area contributed by atoms with Gasteiger partial charge in [0.1, 0.15) is 0 Å². The van der Waals surface area contributed by atoms with Crippen molar-refractivity contribution in [1.29, 1.82) is 0 Å². The van der Waals surface area contributed by atoms with Gasteiger partial charge in [-0.05, 0) is 50.2 Å². The summed E-state index contributed by atoms with van der Waals surface area (Å²) >= 11 is 0. The van der Waals surface area contributed by atoms with Crippen LogP contribution in [0.25, 0.3) is 10.9 Å². The number of ether oxygens (including phenoxy) is 1. The smallest absolute Gasteiger partial charge is 0.258 e. The van der Waals surface area contributed by atoms with E-state index in [1.54, 1.807) is 48.5 Å². The van der Waals surface area contributed by atoms with Gasteiger partial charge in [-0.1, -0.05) is 30.4 Å². The molecule has 6 rings (SSSR count). The van der Waals surface area contributed by atoms with Crippen LogP contribution in [0, 0.1) is 0 Å². The van der Waals surface area contributed by atoms with E-state index in [4.69, 9.17) is 4.74 Å². The Bertz CT molecular complexity index is 1570. The summed E-state index contributed by atoms with van der Waals surface area (Å²) in [6, 6.07) is 13.6. The molecule has 1 unspecified atom stereocenters. The van der Waals surface area contributed by atoms with E-state index in [9.17, 15) is 13.2 Å². The summed E-state index contributed by atoms with van der Waals surface area (Å²) in [5.74, 6) is 0.0139. The molecule has 11 heteroatoms. The van der Waals surface area contributed by atoms with Crippen molar-refractivity contribution < 1.29 is 17.9 Å². The van der Waals surface area contributed by atoms with Crippen molar-refractivity contribution in [3.63, 3.8) is 0 Å². The number of rotatable bonds is 7. The maximum Gasteiger partial charge on any atom is 0.258 e. The van der Waals surface area contributed by atoms with E-state index >= 15 is 0 Å². The van der Waals surface area contributed by atoms with Crippen molar-refractivity contribution >= 4 is 32.5 Å². The molecular formula is C30H36N6O4S. The SMILES string of the molecule is CN1CCN(C2C=CC(C(=O)Nc3n[nH]c4ccc(S(=O)(=O)c5ccccc5)cc34)=C(NC3CCOCC3)C2)CC1. The number of fused-ring (bicyclic) bond motifs is 1. The second-order valence-electron chi connectivity index (χ2n) is 10.9. The van der Waals surface area contributed by atoms with Gasteiger partial charge in [0, 0.05) is 69.0 Å². The molecule has 10 nitrogen and oxygen atoms in total. The first kappa shape index (κ1) is 27.6. The summed E-state index contributed by atoms with van der Waals surface area (Å²) in [5.41, 5.74) is 2.13. The molecule has 1 atom stereocenters. The van der Waals surface area contributed by atoms with Crippen molar-refractivity contribution in [3.05, 3.63) is 72.0 Å². The number of hydrogen-bond acceptors (Lipinski definition) is 8. The normalized spacial score (nSPS) is 21.3. The summed E-state index contributed by atoms with van der Waals surface area (Å²) < 4.78 is 32.0. The fourth-order valence-corrected chi connectivity index (χ4v) is 7.01. The number of carbonyl (C=O) groups is 1. The maximum absolute atomic E-state index is 13.7. The molecule has 41 heavy (non-hydrogen) atoms. The fraction of sp³-hybridized carbons (Fsp3) is 0.400. The molecule has 2 aliphatic heterocycles. The summed E-state index contributed by atoms with van der Waals surface area (Å²) in [6.45, 7) is 5.45. The number of amides is 1. The van der Waals surface area contributed by atoms with E-state index in [1.165, 1.54) is 0 Å². The first-order chi connectivity index (χ1) is 19.9. The predicted molar refractivity (Wildman–Crippen MR) is 157 cm³/mol. The number of aromatic nitrogens is 2. The highest BCUT2D eigenvalue weighted by Crippen LogP contribution is 2.29. The third kappa shape index (κ3) is 5.94. The summed E-state index contributed by atoms with van der Waals surface area (Å²) in [4.78, 5) is 18.9. The van der Waals surface area contributed by atoms with Gasteiger partial charge in [0.05, 0.1) is 20.9 Å². The molecule has 3 N–H and O–H groups in total. The lowest BCUT2D eigenvalue weighted by atomic mass is 9.95. The third-order valence-corrected chi connectivity index (χ3v) is 9.97. The molecule has 3 aromatic rings. The second kappa shape index (κ2) is 11.8. The Morgan fingerprint density at radius 1 is 1.02 bits per heavy atom. The molecule has 2 fully saturated rings. The van der Waals surface area contributed by atoms with Crippen LogP contribution in [0.4, 0.5) is 5.82 Å². The largest absolute Gasteiger partial charge is 0.385 e. The van der Waals surface area contributed by atoms with Gasteiger partial charge in [-0.2, -0.15) is 5.10 Å². The van der Waals surface area contributed by atoms with E-state index in [1.807, 2.05) is 6.08 Å². The van der Waals surface area contributed by atoms with Crippen LogP contribution >= 0.6 is 0 Å². The molecule has 1 aromatic heterocycles. The minimum atomic E-state index is -3.72. The highest BCUT2D eigenvalue weighted by atomic mass is 32.2. The Morgan fingerprint density at radius 2 is 1.78 bits per heavy atom. The number of hydrogen-bond donors (Lipinski definition) is 3. The number of H-pyrrole nitrogens is 1. The van der Waals surface area contributed by atoms with Crippen molar-refractivity contribution in [2.24, 2.45) is 0 Å². The Kier molecular flexibility index (Phi) is 7.94. The summed E-state index contributed by atoms with van der Waals surface area (Å²) in [7, 11) is -1.58. The zero-order chi connectivity index (χ0) is 28.4. The minimum absolute atomic E-state index is 0.141. The number of likely N-dealkylation sites (N-methyl/N-ethyl adjacent to an activating group) is 1. The molecule has 0 spiro atoms. The average Bonchev–Trinajstić information content (AvgIpc) is 3.40. The Labute approximate surface area is 240 Å². The topological polar surface area (TPSA) is 120 Å². The number of sulfone groups is 1. The van der Waals surface area contributed by atoms with Gasteiger partial charge in [0.15, 0.2) is 5.82 Å². The van der Waals surface area contributed by atoms with Gasteiger partial charge in [-0.25, -0.2) is 8.42 Å². The second-order valence-corrected chi connectivity index (χ2v) is 12.9. The van der Waals surface area contributed by atoms with Gasteiger partial charge in [-0.15, -0.1) is 0 Å². The van der Waals surface area contributed by atoms with Crippen LogP contribution < -0.4 is 10.6 Å². The van der Waals surface area contributed by atoms with Crippen LogP contribution in [0.1, 0.15) is 19.3 Å². The Balaban J connectivity index is 1.26. The molecule has 2 saturated heterocycles. The van der Waals surface area contributed by atoms with Crippen molar-refractivity contribution in [3.8, 4) is 0 Å². The predicted octanol–water partition coefficient (Wildman–Crippen LogP) is 2.93. The number of nitrogens with one attached hydrogen (secondary N) is 3. The molecule has 216 valence electrons. The summed E-state index contributed by atoms with van der Waals surface area (Å²) in [6.07, 6.45) is 6.56. The molecule has 0 saturated carbocycles. The maximum atomic E-state index is 13.7. The van der Waals surface area contributed by atoms with Crippen LogP contribution in [0.5, 0.6) is 0 Å². The lowest BCUT2D eigenvalue weighted by Gasteiger charge is -2.39. The fourth-order valence-electron chi connectivity index (χ4n) is 5.70. The van der Waals surface area contributed by atoms with Crippen LogP contribution in [-0.2, 0) is 19.4 Å². The van der Waals surface area contributed by atoms with Crippen LogP contribution in [0.2, 0.25) is 0 Å². The molecule has 1 amide bonds. The van der Waals surface area contributed by atoms with Crippen LogP contribution in [0.15, 0.2) is 81.7 Å². The monoisotopic (exact) mass is 576 g/mol. The van der Waals surface area contributed by atoms with Crippen molar-refractivity contribution in [2.45, 2.75) is 41.1 Å². The third-order valence-electron chi connectivity index (χ3n) is 8.20. The number of anilines is 1. The molecule has 3 aliphatic rings. The first-order valence-electron chi connectivity index (χ1n) is 14.2. The molecule has 0 radical (unpaired) electrons. The van der Waals surface area contributed by atoms with Gasteiger partial charge in [0.25, 0.3) is 5.91 Å². The number of aromatic amines is 1. The highest BCUT2D eigenvalue weighted by Gasteiger charge is 2.29. The Hall–Kier alpha value is -3.51. The van der Waals surface area contributed by atoms with Crippen LogP contribution in [-0.4, -0.2) is 92.8 Å². The Morgan fingerprint density at radius 3 is 2.54 bits per heavy atom. The van der Waals surface area contributed by atoms with E-state index in [-0.39, 0.29) is 27.8 Å². The van der Waals surface area contributed by atoms with Gasteiger partial charge in [-0.3, -0.25) is 14.8 Å². The molecule has 0 bridgehead atoms. The molecule has 1 aliphatic carbocycles. The minimum Gasteiger partial charge on any atom is -0.385 e. The van der Waals surface area contributed by atoms with Crippen molar-refractivity contribution in [2.75, 3.05) is 51.8 Å². The van der Waals surface area contributed by atoms with Gasteiger partial charge < -0.3 is 20.3 Å². The number of benzene rings is 2. The zero-order valence-electron chi connectivity index (χ0n) is 23.2. The molecular weight excluding hydrogens is 540 g/mol. The first-order valence-corrected chi connectivity index (χ1v) is 15.6. The van der Waals surface area contributed by atoms with Gasteiger partial charge in [0.2, 0.25) is 9.84 Å². The lowest BCUT2D eigenvalue weighted by molar-refractivity contribution is -0.112. The van der Waals surface area contributed by atoms with E-state index in [0.717, 1.165) is 51.1 Å². The number of nitrogens with zero attached hydrogens (tertiary/aromatic N) is 3. The quantitative estimate of drug-likeness (QED) is 0.393. The van der Waals surface area contributed by atoms with Crippen LogP contribution in [0.3, 0.4) is 0 Å². The van der Waals surface area contributed by atoms with E-state index in [2.05, 4.69) is 43.8 Å².